The van der Waals surface area contributed by atoms with Gasteiger partial charge in [-0.05, 0) is 42.1 Å². The minimum absolute atomic E-state index is 0.285. The number of carbonyl (C=O) groups is 1. The zero-order chi connectivity index (χ0) is 14.1. The van der Waals surface area contributed by atoms with E-state index in [1.807, 2.05) is 23.8 Å². The van der Waals surface area contributed by atoms with Crippen LogP contribution in [0.3, 0.4) is 0 Å². The summed E-state index contributed by atoms with van der Waals surface area (Å²) in [5, 5.41) is 8.33. The number of thiophene rings is 1. The molecule has 0 N–H and O–H groups in total. The van der Waals surface area contributed by atoms with Gasteiger partial charge < -0.3 is 0 Å². The number of aldehydes is 1. The van der Waals surface area contributed by atoms with Gasteiger partial charge in [0.25, 0.3) is 0 Å². The van der Waals surface area contributed by atoms with Crippen molar-refractivity contribution in [3.05, 3.63) is 58.2 Å². The van der Waals surface area contributed by atoms with Crippen molar-refractivity contribution in [2.24, 2.45) is 0 Å². The van der Waals surface area contributed by atoms with E-state index in [1.54, 1.807) is 28.3 Å². The van der Waals surface area contributed by atoms with Crippen molar-refractivity contribution < 1.29 is 9.18 Å². The Balaban J connectivity index is 2.14. The van der Waals surface area contributed by atoms with Crippen LogP contribution in [0.4, 0.5) is 4.39 Å². The molecule has 100 valence electrons. The normalized spacial score (nSPS) is 10.7. The minimum Gasteiger partial charge on any atom is -0.298 e. The summed E-state index contributed by atoms with van der Waals surface area (Å²) in [4.78, 5) is 11.2. The summed E-state index contributed by atoms with van der Waals surface area (Å²) in [5.74, 6) is -0.285. The molecular formula is C15H11FN2OS. The van der Waals surface area contributed by atoms with E-state index < -0.39 is 0 Å². The molecule has 0 aliphatic heterocycles. The van der Waals surface area contributed by atoms with Gasteiger partial charge in [-0.15, -0.1) is 0 Å². The maximum absolute atomic E-state index is 13.2. The highest BCUT2D eigenvalue weighted by molar-refractivity contribution is 7.08. The Morgan fingerprint density at radius 3 is 2.85 bits per heavy atom. The van der Waals surface area contributed by atoms with Crippen LogP contribution in [0.2, 0.25) is 0 Å². The molecule has 0 unspecified atom stereocenters. The molecule has 0 saturated carbocycles. The number of aryl methyl sites for hydroxylation is 1. The third-order valence-corrected chi connectivity index (χ3v) is 3.75. The van der Waals surface area contributed by atoms with E-state index in [2.05, 4.69) is 5.10 Å². The number of nitrogens with zero attached hydrogens (tertiary/aromatic N) is 2. The molecule has 3 nitrogen and oxygen atoms in total. The summed E-state index contributed by atoms with van der Waals surface area (Å²) >= 11 is 1.55. The van der Waals surface area contributed by atoms with Crippen LogP contribution in [0.1, 0.15) is 15.9 Å². The Labute approximate surface area is 119 Å². The SMILES string of the molecule is Cc1cc(F)ccc1-n1cc(C=O)c(-c2ccsc2)n1. The minimum atomic E-state index is -0.285. The first-order chi connectivity index (χ1) is 9.69. The van der Waals surface area contributed by atoms with E-state index in [4.69, 9.17) is 0 Å². The molecule has 0 saturated heterocycles. The summed E-state index contributed by atoms with van der Waals surface area (Å²) in [5.41, 5.74) is 3.60. The summed E-state index contributed by atoms with van der Waals surface area (Å²) in [6.07, 6.45) is 2.45. The highest BCUT2D eigenvalue weighted by atomic mass is 32.1. The van der Waals surface area contributed by atoms with Gasteiger partial charge in [0.05, 0.1) is 11.3 Å². The predicted octanol–water partition coefficient (Wildman–Crippen LogP) is 3.86. The first kappa shape index (κ1) is 12.7. The second kappa shape index (κ2) is 5.02. The van der Waals surface area contributed by atoms with E-state index in [9.17, 15) is 9.18 Å². The van der Waals surface area contributed by atoms with Gasteiger partial charge in [0.2, 0.25) is 0 Å². The van der Waals surface area contributed by atoms with Crippen molar-refractivity contribution >= 4 is 17.6 Å². The molecule has 2 aromatic heterocycles. The van der Waals surface area contributed by atoms with Gasteiger partial charge in [-0.3, -0.25) is 4.79 Å². The van der Waals surface area contributed by atoms with Gasteiger partial charge in [0.1, 0.15) is 11.5 Å². The standard InChI is InChI=1S/C15H11FN2OS/c1-10-6-13(16)2-3-14(10)18-7-12(8-19)15(17-18)11-4-5-20-9-11/h2-9H,1H3. The Bertz CT molecular complexity index is 762. The Kier molecular flexibility index (Phi) is 3.20. The molecule has 20 heavy (non-hydrogen) atoms. The van der Waals surface area contributed by atoms with Crippen molar-refractivity contribution in [2.45, 2.75) is 6.92 Å². The molecule has 1 aromatic carbocycles. The van der Waals surface area contributed by atoms with Crippen LogP contribution in [0.15, 0.2) is 41.2 Å². The topological polar surface area (TPSA) is 34.9 Å². The second-order valence-electron chi connectivity index (χ2n) is 4.44. The second-order valence-corrected chi connectivity index (χ2v) is 5.22. The summed E-state index contributed by atoms with van der Waals surface area (Å²) in [6.45, 7) is 1.81. The lowest BCUT2D eigenvalue weighted by Gasteiger charge is -2.05. The van der Waals surface area contributed by atoms with E-state index in [0.29, 0.717) is 11.3 Å². The molecule has 0 radical (unpaired) electrons. The summed E-state index contributed by atoms with van der Waals surface area (Å²) < 4.78 is 14.8. The molecule has 5 heteroatoms. The molecule has 0 bridgehead atoms. The average Bonchev–Trinajstić information content (AvgIpc) is 3.07. The van der Waals surface area contributed by atoms with E-state index in [0.717, 1.165) is 23.1 Å². The lowest BCUT2D eigenvalue weighted by molar-refractivity contribution is 0.112. The smallest absolute Gasteiger partial charge is 0.153 e. The fraction of sp³-hybridized carbons (Fsp3) is 0.0667. The van der Waals surface area contributed by atoms with Crippen LogP contribution in [0.25, 0.3) is 16.9 Å². The summed E-state index contributed by atoms with van der Waals surface area (Å²) in [7, 11) is 0. The number of hydrogen-bond donors (Lipinski definition) is 0. The number of hydrogen-bond acceptors (Lipinski definition) is 3. The number of halogens is 1. The van der Waals surface area contributed by atoms with Crippen molar-refractivity contribution in [3.8, 4) is 16.9 Å². The van der Waals surface area contributed by atoms with Crippen molar-refractivity contribution in [1.29, 1.82) is 0 Å². The number of aromatic nitrogens is 2. The molecule has 0 aliphatic rings. The molecule has 0 fully saturated rings. The van der Waals surface area contributed by atoms with Crippen LogP contribution in [-0.4, -0.2) is 16.1 Å². The molecule has 0 amide bonds. The number of benzene rings is 1. The monoisotopic (exact) mass is 286 g/mol. The molecule has 0 aliphatic carbocycles. The van der Waals surface area contributed by atoms with Gasteiger partial charge in [0.15, 0.2) is 6.29 Å². The third-order valence-electron chi connectivity index (χ3n) is 3.07. The van der Waals surface area contributed by atoms with Crippen LogP contribution < -0.4 is 0 Å². The maximum atomic E-state index is 13.2. The third kappa shape index (κ3) is 2.16. The molecule has 3 rings (SSSR count). The predicted molar refractivity (Wildman–Crippen MR) is 77.0 cm³/mol. The Hall–Kier alpha value is -2.27. The first-order valence-corrected chi connectivity index (χ1v) is 6.97. The molecule has 3 aromatic rings. The van der Waals surface area contributed by atoms with E-state index >= 15 is 0 Å². The van der Waals surface area contributed by atoms with Gasteiger partial charge in [-0.25, -0.2) is 9.07 Å². The average molecular weight is 286 g/mol. The lowest BCUT2D eigenvalue weighted by Crippen LogP contribution is -1.98. The van der Waals surface area contributed by atoms with Crippen molar-refractivity contribution in [1.82, 2.24) is 9.78 Å². The van der Waals surface area contributed by atoms with Crippen LogP contribution in [0.5, 0.6) is 0 Å². The van der Waals surface area contributed by atoms with Crippen molar-refractivity contribution in [2.75, 3.05) is 0 Å². The van der Waals surface area contributed by atoms with E-state index in [-0.39, 0.29) is 5.82 Å². The Morgan fingerprint density at radius 2 is 2.20 bits per heavy atom. The zero-order valence-electron chi connectivity index (χ0n) is 10.7. The van der Waals surface area contributed by atoms with E-state index in [1.165, 1.54) is 12.1 Å². The molecule has 2 heterocycles. The van der Waals surface area contributed by atoms with Crippen molar-refractivity contribution in [3.63, 3.8) is 0 Å². The zero-order valence-corrected chi connectivity index (χ0v) is 11.5. The lowest BCUT2D eigenvalue weighted by atomic mass is 10.2. The fourth-order valence-electron chi connectivity index (χ4n) is 2.10. The molecule has 0 spiro atoms. The van der Waals surface area contributed by atoms with Gasteiger partial charge in [-0.2, -0.15) is 16.4 Å². The van der Waals surface area contributed by atoms with Crippen LogP contribution in [0, 0.1) is 12.7 Å². The van der Waals surface area contributed by atoms with Gasteiger partial charge >= 0.3 is 0 Å². The molecular weight excluding hydrogens is 275 g/mol. The first-order valence-electron chi connectivity index (χ1n) is 6.03. The molecule has 0 atom stereocenters. The highest BCUT2D eigenvalue weighted by Gasteiger charge is 2.13. The maximum Gasteiger partial charge on any atom is 0.153 e. The van der Waals surface area contributed by atoms with Crippen LogP contribution in [-0.2, 0) is 0 Å². The number of rotatable bonds is 3. The highest BCUT2D eigenvalue weighted by Crippen LogP contribution is 2.25. The quantitative estimate of drug-likeness (QED) is 0.685. The number of carbonyl (C=O) groups excluding carboxylic acids is 1. The Morgan fingerprint density at radius 1 is 1.35 bits per heavy atom. The van der Waals surface area contributed by atoms with Gasteiger partial charge in [0, 0.05) is 17.1 Å². The van der Waals surface area contributed by atoms with Crippen LogP contribution >= 0.6 is 11.3 Å². The van der Waals surface area contributed by atoms with Gasteiger partial charge in [-0.1, -0.05) is 0 Å². The fourth-order valence-corrected chi connectivity index (χ4v) is 2.74. The largest absolute Gasteiger partial charge is 0.298 e. The summed E-state index contributed by atoms with van der Waals surface area (Å²) in [6, 6.07) is 6.40.